The molecule has 0 fully saturated rings. The molecule has 0 aliphatic carbocycles. The minimum absolute atomic E-state index is 0.285. The molecule has 0 unspecified atom stereocenters. The molecule has 0 aliphatic rings. The number of thiazole rings is 1. The molecule has 0 aliphatic heterocycles. The Morgan fingerprint density at radius 1 is 1.23 bits per heavy atom. The monoisotopic (exact) mass is 386 g/mol. The van der Waals surface area contributed by atoms with E-state index < -0.39 is 5.82 Å². The van der Waals surface area contributed by atoms with Gasteiger partial charge < -0.3 is 5.32 Å². The maximum atomic E-state index is 13.9. The van der Waals surface area contributed by atoms with Crippen molar-refractivity contribution in [2.75, 3.05) is 5.32 Å². The Kier molecular flexibility index (Phi) is 4.18. The Morgan fingerprint density at radius 3 is 2.81 bits per heavy atom. The van der Waals surface area contributed by atoms with Crippen LogP contribution in [0.3, 0.4) is 0 Å². The Hall–Kier alpha value is -2.77. The van der Waals surface area contributed by atoms with Gasteiger partial charge in [-0.2, -0.15) is 9.78 Å². The van der Waals surface area contributed by atoms with Crippen LogP contribution < -0.4 is 5.32 Å². The number of aromatic nitrogens is 3. The normalized spacial score (nSPS) is 11.0. The smallest absolute Gasteiger partial charge is 0.256 e. The van der Waals surface area contributed by atoms with Crippen LogP contribution in [0.15, 0.2) is 48.5 Å². The Labute approximate surface area is 157 Å². The molecule has 2 heterocycles. The number of amides is 1. The Morgan fingerprint density at radius 2 is 2.04 bits per heavy atom. The van der Waals surface area contributed by atoms with Crippen LogP contribution in [-0.4, -0.2) is 20.7 Å². The third-order valence-corrected chi connectivity index (χ3v) is 4.93. The Balaban J connectivity index is 1.72. The lowest BCUT2D eigenvalue weighted by molar-refractivity contribution is 0.102. The number of rotatable bonds is 3. The number of hydrogen-bond donors (Lipinski definition) is 1. The largest absolute Gasteiger partial charge is 0.306 e. The van der Waals surface area contributed by atoms with Gasteiger partial charge in [-0.3, -0.25) is 4.79 Å². The van der Waals surface area contributed by atoms with Crippen LogP contribution in [0.25, 0.3) is 15.3 Å². The maximum absolute atomic E-state index is 13.9. The van der Waals surface area contributed by atoms with Gasteiger partial charge >= 0.3 is 0 Å². The lowest BCUT2D eigenvalue weighted by atomic mass is 10.2. The van der Waals surface area contributed by atoms with Crippen molar-refractivity contribution in [2.24, 2.45) is 0 Å². The average Bonchev–Trinajstić information content (AvgIpc) is 3.19. The SMILES string of the molecule is Cc1cc(NC(=O)c2cccc(Cl)c2)n(-c2nc3c(F)cccc3s2)n1. The van der Waals surface area contributed by atoms with Crippen molar-refractivity contribution < 1.29 is 9.18 Å². The van der Waals surface area contributed by atoms with Crippen molar-refractivity contribution in [2.45, 2.75) is 6.92 Å². The summed E-state index contributed by atoms with van der Waals surface area (Å²) in [5, 5.41) is 8.13. The van der Waals surface area contributed by atoms with E-state index in [0.717, 1.165) is 0 Å². The molecule has 2 aromatic carbocycles. The first-order chi connectivity index (χ1) is 12.5. The first-order valence-corrected chi connectivity index (χ1v) is 8.90. The summed E-state index contributed by atoms with van der Waals surface area (Å²) in [6.07, 6.45) is 0. The quantitative estimate of drug-likeness (QED) is 0.548. The number of halogens is 2. The van der Waals surface area contributed by atoms with Gasteiger partial charge in [0.1, 0.15) is 17.2 Å². The molecule has 0 saturated carbocycles. The van der Waals surface area contributed by atoms with Gasteiger partial charge in [0.05, 0.1) is 10.4 Å². The van der Waals surface area contributed by atoms with Gasteiger partial charge in [-0.15, -0.1) is 0 Å². The summed E-state index contributed by atoms with van der Waals surface area (Å²) in [6, 6.07) is 13.2. The zero-order valence-corrected chi connectivity index (χ0v) is 15.1. The average molecular weight is 387 g/mol. The van der Waals surface area contributed by atoms with Gasteiger partial charge in [0.15, 0.2) is 0 Å². The molecule has 26 heavy (non-hydrogen) atoms. The van der Waals surface area contributed by atoms with Crippen molar-refractivity contribution in [3.05, 3.63) is 70.6 Å². The van der Waals surface area contributed by atoms with Gasteiger partial charge in [0.25, 0.3) is 5.91 Å². The first kappa shape index (κ1) is 16.7. The third-order valence-electron chi connectivity index (χ3n) is 3.70. The summed E-state index contributed by atoms with van der Waals surface area (Å²) in [6.45, 7) is 1.81. The summed E-state index contributed by atoms with van der Waals surface area (Å²) in [4.78, 5) is 16.8. The molecule has 2 aromatic heterocycles. The van der Waals surface area contributed by atoms with E-state index in [1.54, 1.807) is 49.4 Å². The zero-order valence-electron chi connectivity index (χ0n) is 13.5. The highest BCUT2D eigenvalue weighted by Gasteiger charge is 2.16. The number of aryl methyl sites for hydroxylation is 1. The van der Waals surface area contributed by atoms with E-state index >= 15 is 0 Å². The highest BCUT2D eigenvalue weighted by atomic mass is 35.5. The van der Waals surface area contributed by atoms with E-state index in [2.05, 4.69) is 15.4 Å². The number of nitrogens with one attached hydrogen (secondary N) is 1. The molecule has 0 atom stereocenters. The predicted molar refractivity (Wildman–Crippen MR) is 101 cm³/mol. The van der Waals surface area contributed by atoms with Crippen LogP contribution in [0.1, 0.15) is 16.1 Å². The highest BCUT2D eigenvalue weighted by Crippen LogP contribution is 2.28. The molecule has 1 amide bonds. The number of nitrogens with zero attached hydrogens (tertiary/aromatic N) is 3. The van der Waals surface area contributed by atoms with Crippen molar-refractivity contribution in [1.82, 2.24) is 14.8 Å². The second kappa shape index (κ2) is 6.51. The van der Waals surface area contributed by atoms with E-state index in [4.69, 9.17) is 11.6 Å². The maximum Gasteiger partial charge on any atom is 0.256 e. The molecule has 0 bridgehead atoms. The number of hydrogen-bond acceptors (Lipinski definition) is 4. The molecule has 4 aromatic rings. The molecular formula is C18H12ClFN4OS. The Bertz CT molecular complexity index is 1140. The van der Waals surface area contributed by atoms with Crippen molar-refractivity contribution in [3.8, 4) is 5.13 Å². The van der Waals surface area contributed by atoms with Crippen LogP contribution in [-0.2, 0) is 0 Å². The van der Waals surface area contributed by atoms with Gasteiger partial charge in [-0.25, -0.2) is 9.37 Å². The van der Waals surface area contributed by atoms with E-state index in [1.165, 1.54) is 22.1 Å². The van der Waals surface area contributed by atoms with Crippen LogP contribution in [0.4, 0.5) is 10.2 Å². The molecule has 0 spiro atoms. The van der Waals surface area contributed by atoms with E-state index in [-0.39, 0.29) is 11.4 Å². The van der Waals surface area contributed by atoms with Gasteiger partial charge in [0.2, 0.25) is 5.13 Å². The van der Waals surface area contributed by atoms with Crippen molar-refractivity contribution in [3.63, 3.8) is 0 Å². The first-order valence-electron chi connectivity index (χ1n) is 7.70. The summed E-state index contributed by atoms with van der Waals surface area (Å²) < 4.78 is 16.1. The van der Waals surface area contributed by atoms with E-state index in [9.17, 15) is 9.18 Å². The van der Waals surface area contributed by atoms with Crippen molar-refractivity contribution >= 4 is 44.9 Å². The molecule has 5 nitrogen and oxygen atoms in total. The van der Waals surface area contributed by atoms with Crippen LogP contribution in [0, 0.1) is 12.7 Å². The molecular weight excluding hydrogens is 375 g/mol. The molecule has 0 saturated heterocycles. The summed E-state index contributed by atoms with van der Waals surface area (Å²) >= 11 is 7.24. The molecule has 130 valence electrons. The number of benzene rings is 2. The predicted octanol–water partition coefficient (Wildman–Crippen LogP) is 4.84. The fourth-order valence-electron chi connectivity index (χ4n) is 2.55. The highest BCUT2D eigenvalue weighted by molar-refractivity contribution is 7.20. The zero-order chi connectivity index (χ0) is 18.3. The summed E-state index contributed by atoms with van der Waals surface area (Å²) in [5.74, 6) is -0.258. The number of carbonyl (C=O) groups excluding carboxylic acids is 1. The minimum atomic E-state index is -0.390. The van der Waals surface area contributed by atoms with Crippen LogP contribution >= 0.6 is 22.9 Å². The summed E-state index contributed by atoms with van der Waals surface area (Å²) in [5.41, 5.74) is 1.41. The topological polar surface area (TPSA) is 59.8 Å². The van der Waals surface area contributed by atoms with Gasteiger partial charge in [0, 0.05) is 16.7 Å². The second-order valence-electron chi connectivity index (χ2n) is 5.63. The third kappa shape index (κ3) is 3.07. The summed E-state index contributed by atoms with van der Waals surface area (Å²) in [7, 11) is 0. The van der Waals surface area contributed by atoms with E-state index in [1.807, 2.05) is 0 Å². The molecule has 4 rings (SSSR count). The van der Waals surface area contributed by atoms with Gasteiger partial charge in [-0.05, 0) is 37.3 Å². The fraction of sp³-hybridized carbons (Fsp3) is 0.0556. The standard InChI is InChI=1S/C18H12ClFN4OS/c1-10-8-15(21-17(25)11-4-2-5-12(19)9-11)24(23-10)18-22-16-13(20)6-3-7-14(16)26-18/h2-9H,1H3,(H,21,25). The van der Waals surface area contributed by atoms with Crippen LogP contribution in [0.5, 0.6) is 0 Å². The minimum Gasteiger partial charge on any atom is -0.306 e. The van der Waals surface area contributed by atoms with Crippen LogP contribution in [0.2, 0.25) is 5.02 Å². The molecule has 0 radical (unpaired) electrons. The number of carbonyl (C=O) groups is 1. The number of anilines is 1. The number of fused-ring (bicyclic) bond motifs is 1. The van der Waals surface area contributed by atoms with Gasteiger partial charge in [-0.1, -0.05) is 35.1 Å². The molecule has 8 heteroatoms. The lowest BCUT2D eigenvalue weighted by Gasteiger charge is -2.06. The number of para-hydroxylation sites is 1. The van der Waals surface area contributed by atoms with E-state index in [0.29, 0.717) is 31.9 Å². The van der Waals surface area contributed by atoms with Crippen molar-refractivity contribution in [1.29, 1.82) is 0 Å². The molecule has 1 N–H and O–H groups in total. The second-order valence-corrected chi connectivity index (χ2v) is 7.08. The lowest BCUT2D eigenvalue weighted by Crippen LogP contribution is -2.15. The fourth-order valence-corrected chi connectivity index (χ4v) is 3.68.